The van der Waals surface area contributed by atoms with Gasteiger partial charge in [-0.15, -0.1) is 0 Å². The Bertz CT molecular complexity index is 734. The number of carbonyl (C=O) groups is 1. The van der Waals surface area contributed by atoms with E-state index in [1.165, 1.54) is 30.3 Å². The first-order chi connectivity index (χ1) is 9.88. The smallest absolute Gasteiger partial charge is 0.282 e. The molecule has 0 aromatic heterocycles. The molecule has 1 N–H and O–H groups in total. The van der Waals surface area contributed by atoms with Crippen LogP contribution < -0.4 is 5.32 Å². The number of nitro benzene ring substituents is 1. The van der Waals surface area contributed by atoms with Crippen LogP contribution in [-0.4, -0.2) is 10.8 Å². The number of hydrogen-bond donors (Lipinski definition) is 1. The van der Waals surface area contributed by atoms with Crippen molar-refractivity contribution in [2.24, 2.45) is 0 Å². The Morgan fingerprint density at radius 1 is 1.29 bits per heavy atom. The lowest BCUT2D eigenvalue weighted by molar-refractivity contribution is -0.385. The molecule has 0 aliphatic rings. The second-order valence-electron chi connectivity index (χ2n) is 4.36. The fraction of sp³-hybridized carbons (Fsp3) is 0.0714. The molecule has 1 amide bonds. The minimum Gasteiger partial charge on any atom is -0.321 e. The Morgan fingerprint density at radius 3 is 2.62 bits per heavy atom. The Hall–Kier alpha value is -2.03. The molecule has 108 valence electrons. The zero-order valence-corrected chi connectivity index (χ0v) is 13.0. The predicted molar refractivity (Wildman–Crippen MR) is 84.9 cm³/mol. The Morgan fingerprint density at radius 2 is 2.00 bits per heavy atom. The maximum Gasteiger partial charge on any atom is 0.282 e. The van der Waals surface area contributed by atoms with Crippen molar-refractivity contribution in [1.29, 1.82) is 0 Å². The number of nitrogens with zero attached hydrogens (tertiary/aromatic N) is 1. The number of rotatable bonds is 3. The summed E-state index contributed by atoms with van der Waals surface area (Å²) in [5, 5.41) is 13.5. The number of aryl methyl sites for hydroxylation is 1. The molecule has 0 unspecified atom stereocenters. The van der Waals surface area contributed by atoms with Crippen molar-refractivity contribution in [3.8, 4) is 0 Å². The van der Waals surface area contributed by atoms with Crippen LogP contribution in [0.5, 0.6) is 0 Å². The van der Waals surface area contributed by atoms with Crippen molar-refractivity contribution in [2.75, 3.05) is 5.32 Å². The highest BCUT2D eigenvalue weighted by Crippen LogP contribution is 2.23. The third-order valence-corrected chi connectivity index (χ3v) is 3.67. The summed E-state index contributed by atoms with van der Waals surface area (Å²) in [6.45, 7) is 1.74. The molecule has 0 aliphatic heterocycles. The Kier molecular flexibility index (Phi) is 4.51. The minimum atomic E-state index is -0.607. The lowest BCUT2D eigenvalue weighted by Gasteiger charge is -2.08. The monoisotopic (exact) mass is 400 g/mol. The molecule has 5 nitrogen and oxygen atoms in total. The van der Waals surface area contributed by atoms with Gasteiger partial charge >= 0.3 is 0 Å². The minimum absolute atomic E-state index is 0.0277. The van der Waals surface area contributed by atoms with Crippen molar-refractivity contribution in [2.45, 2.75) is 6.92 Å². The van der Waals surface area contributed by atoms with Crippen LogP contribution >= 0.6 is 22.6 Å². The normalized spacial score (nSPS) is 10.2. The average molecular weight is 400 g/mol. The molecule has 0 aliphatic carbocycles. The van der Waals surface area contributed by atoms with E-state index in [0.717, 1.165) is 5.56 Å². The summed E-state index contributed by atoms with van der Waals surface area (Å²) in [6.07, 6.45) is 0. The number of nitrogens with one attached hydrogen (secondary N) is 1. The van der Waals surface area contributed by atoms with E-state index in [-0.39, 0.29) is 11.3 Å². The van der Waals surface area contributed by atoms with Gasteiger partial charge in [0, 0.05) is 9.64 Å². The Labute approximate surface area is 133 Å². The van der Waals surface area contributed by atoms with Crippen molar-refractivity contribution < 1.29 is 14.1 Å². The van der Waals surface area contributed by atoms with E-state index in [1.54, 1.807) is 13.0 Å². The highest BCUT2D eigenvalue weighted by Gasteiger charge is 2.20. The third kappa shape index (κ3) is 3.54. The lowest BCUT2D eigenvalue weighted by Crippen LogP contribution is -2.15. The van der Waals surface area contributed by atoms with Crippen LogP contribution in [0.4, 0.5) is 15.8 Å². The van der Waals surface area contributed by atoms with Crippen molar-refractivity contribution in [3.05, 3.63) is 67.0 Å². The molecule has 2 rings (SSSR count). The van der Waals surface area contributed by atoms with Gasteiger partial charge in [0.25, 0.3) is 11.6 Å². The van der Waals surface area contributed by atoms with Gasteiger partial charge in [0.05, 0.1) is 10.6 Å². The largest absolute Gasteiger partial charge is 0.321 e. The van der Waals surface area contributed by atoms with Gasteiger partial charge in [0.1, 0.15) is 11.4 Å². The zero-order chi connectivity index (χ0) is 15.6. The highest BCUT2D eigenvalue weighted by atomic mass is 127. The van der Waals surface area contributed by atoms with Crippen molar-refractivity contribution in [3.63, 3.8) is 0 Å². The quantitative estimate of drug-likeness (QED) is 0.483. The van der Waals surface area contributed by atoms with Crippen molar-refractivity contribution >= 4 is 39.9 Å². The van der Waals surface area contributed by atoms with Gasteiger partial charge in [0.15, 0.2) is 0 Å². The maximum atomic E-state index is 13.0. The molecule has 0 saturated heterocycles. The van der Waals surface area contributed by atoms with E-state index in [9.17, 15) is 19.3 Å². The highest BCUT2D eigenvalue weighted by molar-refractivity contribution is 14.1. The van der Waals surface area contributed by atoms with E-state index in [4.69, 9.17) is 0 Å². The number of halogens is 2. The summed E-state index contributed by atoms with van der Waals surface area (Å²) in [4.78, 5) is 22.6. The predicted octanol–water partition coefficient (Wildman–Crippen LogP) is 3.90. The van der Waals surface area contributed by atoms with Gasteiger partial charge in [-0.25, -0.2) is 4.39 Å². The summed E-state index contributed by atoms with van der Waals surface area (Å²) in [7, 11) is 0. The Balaban J connectivity index is 2.36. The van der Waals surface area contributed by atoms with E-state index in [2.05, 4.69) is 5.32 Å². The van der Waals surface area contributed by atoms with Crippen LogP contribution in [-0.2, 0) is 0 Å². The van der Waals surface area contributed by atoms with Gasteiger partial charge < -0.3 is 5.32 Å². The standard InChI is InChI=1S/C14H10FIN2O3/c1-8-2-5-13(18(20)21)10(6-8)14(19)17-12-4-3-9(15)7-11(12)16/h2-7H,1H3,(H,17,19). The number of nitro groups is 1. The van der Waals surface area contributed by atoms with Gasteiger partial charge in [-0.3, -0.25) is 14.9 Å². The number of amides is 1. The van der Waals surface area contributed by atoms with Gasteiger partial charge in [-0.05, 0) is 59.3 Å². The van der Waals surface area contributed by atoms with Gasteiger partial charge in [-0.1, -0.05) is 6.07 Å². The molecule has 0 radical (unpaired) electrons. The van der Waals surface area contributed by atoms with E-state index >= 15 is 0 Å². The van der Waals surface area contributed by atoms with Crippen molar-refractivity contribution in [1.82, 2.24) is 0 Å². The molecule has 0 atom stereocenters. The van der Waals surface area contributed by atoms with E-state index in [0.29, 0.717) is 9.26 Å². The van der Waals surface area contributed by atoms with E-state index in [1.807, 2.05) is 22.6 Å². The van der Waals surface area contributed by atoms with Crippen LogP contribution in [0, 0.1) is 26.4 Å². The van der Waals surface area contributed by atoms with Gasteiger partial charge in [-0.2, -0.15) is 0 Å². The fourth-order valence-corrected chi connectivity index (χ4v) is 2.38. The topological polar surface area (TPSA) is 72.2 Å². The molecule has 0 heterocycles. The number of carbonyl (C=O) groups excluding carboxylic acids is 1. The molecule has 0 bridgehead atoms. The van der Waals surface area contributed by atoms with Crippen LogP contribution in [0.1, 0.15) is 15.9 Å². The maximum absolute atomic E-state index is 13.0. The number of anilines is 1. The summed E-state index contributed by atoms with van der Waals surface area (Å²) < 4.78 is 13.5. The zero-order valence-electron chi connectivity index (χ0n) is 10.9. The third-order valence-electron chi connectivity index (χ3n) is 2.77. The lowest BCUT2D eigenvalue weighted by atomic mass is 10.1. The van der Waals surface area contributed by atoms with Crippen LogP contribution in [0.15, 0.2) is 36.4 Å². The molecular formula is C14H10FIN2O3. The second-order valence-corrected chi connectivity index (χ2v) is 5.52. The fourth-order valence-electron chi connectivity index (χ4n) is 1.77. The summed E-state index contributed by atoms with van der Waals surface area (Å²) in [5.41, 5.74) is 0.840. The molecule has 21 heavy (non-hydrogen) atoms. The summed E-state index contributed by atoms with van der Waals surface area (Å²) >= 11 is 1.88. The molecule has 2 aromatic rings. The molecule has 2 aromatic carbocycles. The first kappa shape index (κ1) is 15.4. The molecule has 7 heteroatoms. The summed E-state index contributed by atoms with van der Waals surface area (Å²) in [5.74, 6) is -1.02. The van der Waals surface area contributed by atoms with Gasteiger partial charge in [0.2, 0.25) is 0 Å². The van der Waals surface area contributed by atoms with Crippen LogP contribution in [0.25, 0.3) is 0 Å². The van der Waals surface area contributed by atoms with Crippen LogP contribution in [0.3, 0.4) is 0 Å². The summed E-state index contributed by atoms with van der Waals surface area (Å²) in [6, 6.07) is 8.19. The molecule has 0 spiro atoms. The first-order valence-electron chi connectivity index (χ1n) is 5.90. The average Bonchev–Trinajstić information content (AvgIpc) is 2.41. The molecule has 0 fully saturated rings. The number of hydrogen-bond acceptors (Lipinski definition) is 3. The second kappa shape index (κ2) is 6.17. The number of benzene rings is 2. The first-order valence-corrected chi connectivity index (χ1v) is 6.98. The van der Waals surface area contributed by atoms with E-state index < -0.39 is 16.6 Å². The SMILES string of the molecule is Cc1ccc([N+](=O)[O-])c(C(=O)Nc2ccc(F)cc2I)c1. The molecular weight excluding hydrogens is 390 g/mol. The molecule has 0 saturated carbocycles. The van der Waals surface area contributed by atoms with Crippen LogP contribution in [0.2, 0.25) is 0 Å².